The summed E-state index contributed by atoms with van der Waals surface area (Å²) in [4.78, 5) is 28.8. The van der Waals surface area contributed by atoms with Crippen molar-refractivity contribution in [2.45, 2.75) is 66.0 Å². The molecule has 39 heavy (non-hydrogen) atoms. The summed E-state index contributed by atoms with van der Waals surface area (Å²) in [5.41, 5.74) is 4.40. The minimum Gasteiger partial charge on any atom is -0.507 e. The zero-order valence-corrected chi connectivity index (χ0v) is 24.0. The average Bonchev–Trinajstić information content (AvgIpc) is 3.14. The quantitative estimate of drug-likeness (QED) is 0.212. The van der Waals surface area contributed by atoms with E-state index in [2.05, 4.69) is 20.8 Å². The Morgan fingerprint density at radius 3 is 2.28 bits per heavy atom. The molecule has 0 aliphatic carbocycles. The Hall–Kier alpha value is -4.06. The minimum atomic E-state index is -0.870. The molecule has 0 saturated carbocycles. The molecule has 1 saturated heterocycles. The molecule has 1 unspecified atom stereocenters. The molecule has 6 heteroatoms. The number of hydrogen-bond donors (Lipinski definition) is 1. The number of carbonyl (C=O) groups is 2. The van der Waals surface area contributed by atoms with Crippen molar-refractivity contribution < 1.29 is 24.2 Å². The third-order valence-electron chi connectivity index (χ3n) is 7.08. The molecule has 0 spiro atoms. The normalized spacial score (nSPS) is 17.2. The van der Waals surface area contributed by atoms with Crippen LogP contribution in [0.4, 0.5) is 5.69 Å². The van der Waals surface area contributed by atoms with Crippen LogP contribution in [0.25, 0.3) is 5.76 Å². The Labute approximate surface area is 230 Å². The first-order valence-electron chi connectivity index (χ1n) is 13.2. The highest BCUT2D eigenvalue weighted by Crippen LogP contribution is 2.44. The van der Waals surface area contributed by atoms with Gasteiger partial charge in [-0.05, 0) is 91.8 Å². The maximum Gasteiger partial charge on any atom is 0.300 e. The van der Waals surface area contributed by atoms with E-state index in [0.29, 0.717) is 28.3 Å². The molecule has 1 fully saturated rings. The Balaban J connectivity index is 2.01. The number of aliphatic hydroxyl groups excluding tert-OH is 1. The van der Waals surface area contributed by atoms with Crippen molar-refractivity contribution in [1.29, 1.82) is 0 Å². The van der Waals surface area contributed by atoms with Gasteiger partial charge in [0.15, 0.2) is 0 Å². The van der Waals surface area contributed by atoms with Crippen molar-refractivity contribution in [2.24, 2.45) is 0 Å². The Morgan fingerprint density at radius 1 is 0.949 bits per heavy atom. The van der Waals surface area contributed by atoms with Gasteiger partial charge in [0.25, 0.3) is 11.7 Å². The fourth-order valence-electron chi connectivity index (χ4n) is 4.82. The monoisotopic (exact) mass is 527 g/mol. The number of carbonyl (C=O) groups excluding carboxylic acids is 2. The molecule has 0 radical (unpaired) electrons. The number of aliphatic hydroxyl groups is 1. The number of aryl methyl sites for hydroxylation is 2. The van der Waals surface area contributed by atoms with Gasteiger partial charge in [-0.1, -0.05) is 45.0 Å². The van der Waals surface area contributed by atoms with Crippen LogP contribution >= 0.6 is 0 Å². The lowest BCUT2D eigenvalue weighted by atomic mass is 9.85. The second-order valence-electron chi connectivity index (χ2n) is 11.3. The van der Waals surface area contributed by atoms with Gasteiger partial charge in [0.05, 0.1) is 30.4 Å². The largest absolute Gasteiger partial charge is 0.507 e. The second-order valence-corrected chi connectivity index (χ2v) is 11.3. The molecular weight excluding hydrogens is 490 g/mol. The zero-order valence-electron chi connectivity index (χ0n) is 24.0. The summed E-state index contributed by atoms with van der Waals surface area (Å²) in [7, 11) is 1.51. The van der Waals surface area contributed by atoms with Crippen LogP contribution in [0.3, 0.4) is 0 Å². The van der Waals surface area contributed by atoms with Crippen molar-refractivity contribution >= 4 is 23.1 Å². The highest BCUT2D eigenvalue weighted by Gasteiger charge is 2.47. The van der Waals surface area contributed by atoms with Gasteiger partial charge in [-0.25, -0.2) is 0 Å². The lowest BCUT2D eigenvalue weighted by Crippen LogP contribution is -2.29. The number of methoxy groups -OCH3 is 1. The first-order valence-corrected chi connectivity index (χ1v) is 13.2. The predicted octanol–water partition coefficient (Wildman–Crippen LogP) is 7.02. The Kier molecular flexibility index (Phi) is 7.60. The summed E-state index contributed by atoms with van der Waals surface area (Å²) < 4.78 is 11.5. The van der Waals surface area contributed by atoms with Crippen LogP contribution in [0.5, 0.6) is 11.5 Å². The highest BCUT2D eigenvalue weighted by molar-refractivity contribution is 6.51. The van der Waals surface area contributed by atoms with Gasteiger partial charge in [0, 0.05) is 5.69 Å². The summed E-state index contributed by atoms with van der Waals surface area (Å²) in [5, 5.41) is 11.8. The van der Waals surface area contributed by atoms with E-state index in [1.54, 1.807) is 6.07 Å². The topological polar surface area (TPSA) is 76.1 Å². The van der Waals surface area contributed by atoms with Gasteiger partial charge in [-0.15, -0.1) is 0 Å². The SMILES string of the molecule is COc1ccc(C(C)(C)C)cc1/C(O)=C1\C(=O)C(=O)N(c2ccc(C)c(C)c2)C1c1cccc(OC(C)C)c1. The first-order chi connectivity index (χ1) is 18.3. The number of hydrogen-bond acceptors (Lipinski definition) is 5. The van der Waals surface area contributed by atoms with Crippen molar-refractivity contribution in [3.05, 3.63) is 94.1 Å². The molecule has 4 rings (SSSR count). The van der Waals surface area contributed by atoms with E-state index in [9.17, 15) is 14.7 Å². The summed E-state index contributed by atoms with van der Waals surface area (Å²) in [6, 6.07) is 17.6. The lowest BCUT2D eigenvalue weighted by molar-refractivity contribution is -0.132. The Bertz CT molecular complexity index is 1460. The van der Waals surface area contributed by atoms with Crippen molar-refractivity contribution in [3.63, 3.8) is 0 Å². The van der Waals surface area contributed by atoms with Crippen LogP contribution in [-0.2, 0) is 15.0 Å². The number of ether oxygens (including phenoxy) is 2. The van der Waals surface area contributed by atoms with Gasteiger partial charge >= 0.3 is 0 Å². The fourth-order valence-corrected chi connectivity index (χ4v) is 4.82. The molecule has 6 nitrogen and oxygen atoms in total. The first kappa shape index (κ1) is 28.0. The number of ketones is 1. The molecular formula is C33H37NO5. The summed E-state index contributed by atoms with van der Waals surface area (Å²) in [5.74, 6) is -0.711. The molecule has 1 N–H and O–H groups in total. The minimum absolute atomic E-state index is 0.00397. The van der Waals surface area contributed by atoms with E-state index in [1.165, 1.54) is 12.0 Å². The predicted molar refractivity (Wildman–Crippen MR) is 155 cm³/mol. The molecule has 1 aliphatic heterocycles. The highest BCUT2D eigenvalue weighted by atomic mass is 16.5. The summed E-state index contributed by atoms with van der Waals surface area (Å²) >= 11 is 0. The third kappa shape index (κ3) is 5.42. The Morgan fingerprint density at radius 2 is 1.67 bits per heavy atom. The molecule has 204 valence electrons. The van der Waals surface area contributed by atoms with E-state index in [-0.39, 0.29) is 22.9 Å². The maximum absolute atomic E-state index is 13.7. The van der Waals surface area contributed by atoms with Gasteiger partial charge in [-0.2, -0.15) is 0 Å². The summed E-state index contributed by atoms with van der Waals surface area (Å²) in [6.45, 7) is 14.0. The van der Waals surface area contributed by atoms with Crippen LogP contribution in [0.15, 0.2) is 66.2 Å². The smallest absolute Gasteiger partial charge is 0.300 e. The molecule has 3 aromatic rings. The lowest BCUT2D eigenvalue weighted by Gasteiger charge is -2.27. The molecule has 0 aromatic heterocycles. The van der Waals surface area contributed by atoms with E-state index < -0.39 is 17.7 Å². The number of amides is 1. The van der Waals surface area contributed by atoms with Crippen molar-refractivity contribution in [3.8, 4) is 11.5 Å². The molecule has 1 heterocycles. The fraction of sp³-hybridized carbons (Fsp3) is 0.333. The number of anilines is 1. The summed E-state index contributed by atoms with van der Waals surface area (Å²) in [6.07, 6.45) is -0.0595. The van der Waals surface area contributed by atoms with Crippen molar-refractivity contribution in [1.82, 2.24) is 0 Å². The molecule has 1 atom stereocenters. The zero-order chi connectivity index (χ0) is 28.6. The van der Waals surface area contributed by atoms with E-state index >= 15 is 0 Å². The van der Waals surface area contributed by atoms with E-state index in [1.807, 2.05) is 82.3 Å². The number of rotatable bonds is 6. The number of Topliss-reactive ketones (excluding diaryl/α,β-unsaturated/α-hetero) is 1. The van der Waals surface area contributed by atoms with Crippen LogP contribution < -0.4 is 14.4 Å². The number of nitrogens with zero attached hydrogens (tertiary/aromatic N) is 1. The average molecular weight is 528 g/mol. The molecule has 0 bridgehead atoms. The van der Waals surface area contributed by atoms with Crippen LogP contribution in [0.1, 0.15) is 68.5 Å². The molecule has 3 aromatic carbocycles. The van der Waals surface area contributed by atoms with E-state index in [4.69, 9.17) is 9.47 Å². The number of benzene rings is 3. The van der Waals surface area contributed by atoms with Crippen LogP contribution in [0.2, 0.25) is 0 Å². The van der Waals surface area contributed by atoms with Gasteiger partial charge in [0.1, 0.15) is 17.3 Å². The maximum atomic E-state index is 13.7. The van der Waals surface area contributed by atoms with Gasteiger partial charge in [0.2, 0.25) is 0 Å². The van der Waals surface area contributed by atoms with E-state index in [0.717, 1.165) is 16.7 Å². The van der Waals surface area contributed by atoms with Crippen LogP contribution in [0, 0.1) is 13.8 Å². The standard InChI is InChI=1S/C33H37NO5/c1-19(2)39-25-11-9-10-22(17-25)29-28(30(35)26-18-23(33(5,6)7)13-15-27(26)38-8)31(36)32(37)34(29)24-14-12-20(3)21(4)16-24/h9-19,29,35H,1-8H3/b30-28+. The third-order valence-corrected chi connectivity index (χ3v) is 7.08. The van der Waals surface area contributed by atoms with Crippen molar-refractivity contribution in [2.75, 3.05) is 12.0 Å². The van der Waals surface area contributed by atoms with Crippen LogP contribution in [-0.4, -0.2) is 30.0 Å². The second kappa shape index (κ2) is 10.6. The molecule has 1 amide bonds. The molecule has 1 aliphatic rings. The van der Waals surface area contributed by atoms with Gasteiger partial charge < -0.3 is 14.6 Å². The van der Waals surface area contributed by atoms with Gasteiger partial charge in [-0.3, -0.25) is 14.5 Å².